The number of benzene rings is 1. The summed E-state index contributed by atoms with van der Waals surface area (Å²) in [5, 5.41) is 5.37. The first-order valence-corrected chi connectivity index (χ1v) is 9.55. The molecule has 1 aliphatic rings. The number of thiazole rings is 1. The number of nitrogens with one attached hydrogen (secondary N) is 1. The van der Waals surface area contributed by atoms with Crippen LogP contribution in [0.5, 0.6) is 0 Å². The van der Waals surface area contributed by atoms with Crippen LogP contribution in [0.4, 0.5) is 0 Å². The van der Waals surface area contributed by atoms with Crippen molar-refractivity contribution in [2.75, 3.05) is 19.6 Å². The molecule has 1 unspecified atom stereocenters. The minimum Gasteiger partial charge on any atom is -0.314 e. The standard InChI is InChI=1S/C19H19ClN4S/c20-17-4-2-1-3-16(17)18-12-22-9-10-24(18)13-15-11-23-19(25-15)14-5-7-21-8-6-14/h1-8,11,18,22H,9-10,12-13H2. The molecule has 0 bridgehead atoms. The highest BCUT2D eigenvalue weighted by molar-refractivity contribution is 7.15. The van der Waals surface area contributed by atoms with E-state index < -0.39 is 0 Å². The maximum Gasteiger partial charge on any atom is 0.123 e. The van der Waals surface area contributed by atoms with Gasteiger partial charge in [-0.1, -0.05) is 29.8 Å². The van der Waals surface area contributed by atoms with Crippen LogP contribution in [-0.2, 0) is 6.54 Å². The Morgan fingerprint density at radius 2 is 2.04 bits per heavy atom. The van der Waals surface area contributed by atoms with Gasteiger partial charge >= 0.3 is 0 Å². The second kappa shape index (κ2) is 7.62. The molecule has 2 aromatic heterocycles. The predicted octanol–water partition coefficient (Wildman–Crippen LogP) is 4.01. The zero-order chi connectivity index (χ0) is 17.1. The van der Waals surface area contributed by atoms with E-state index in [1.54, 1.807) is 23.7 Å². The fourth-order valence-corrected chi connectivity index (χ4v) is 4.40. The molecule has 128 valence electrons. The third-order valence-electron chi connectivity index (χ3n) is 4.46. The van der Waals surface area contributed by atoms with E-state index >= 15 is 0 Å². The average molecular weight is 371 g/mol. The van der Waals surface area contributed by atoms with Crippen molar-refractivity contribution < 1.29 is 0 Å². The summed E-state index contributed by atoms with van der Waals surface area (Å²) < 4.78 is 0. The van der Waals surface area contributed by atoms with Gasteiger partial charge in [0.15, 0.2) is 0 Å². The van der Waals surface area contributed by atoms with E-state index in [2.05, 4.69) is 32.3 Å². The summed E-state index contributed by atoms with van der Waals surface area (Å²) in [4.78, 5) is 12.4. The van der Waals surface area contributed by atoms with Crippen molar-refractivity contribution >= 4 is 22.9 Å². The Hall–Kier alpha value is -1.79. The van der Waals surface area contributed by atoms with Gasteiger partial charge in [-0.3, -0.25) is 9.88 Å². The first-order chi connectivity index (χ1) is 12.3. The van der Waals surface area contributed by atoms with Crippen molar-refractivity contribution in [3.05, 3.63) is 70.5 Å². The Kier molecular flexibility index (Phi) is 5.08. The molecule has 6 heteroatoms. The summed E-state index contributed by atoms with van der Waals surface area (Å²) >= 11 is 8.19. The van der Waals surface area contributed by atoms with Crippen molar-refractivity contribution in [3.8, 4) is 10.6 Å². The van der Waals surface area contributed by atoms with Crippen LogP contribution in [0.3, 0.4) is 0 Å². The normalized spacial score (nSPS) is 18.4. The molecule has 3 aromatic rings. The summed E-state index contributed by atoms with van der Waals surface area (Å²) in [5.74, 6) is 0. The fraction of sp³-hybridized carbons (Fsp3) is 0.263. The maximum atomic E-state index is 6.44. The van der Waals surface area contributed by atoms with Crippen molar-refractivity contribution in [1.82, 2.24) is 20.2 Å². The molecule has 1 N–H and O–H groups in total. The molecule has 0 radical (unpaired) electrons. The first-order valence-electron chi connectivity index (χ1n) is 8.35. The van der Waals surface area contributed by atoms with Crippen LogP contribution in [0, 0.1) is 0 Å². The Morgan fingerprint density at radius 1 is 1.20 bits per heavy atom. The van der Waals surface area contributed by atoms with Gasteiger partial charge in [0.1, 0.15) is 5.01 Å². The van der Waals surface area contributed by atoms with Crippen LogP contribution in [0.25, 0.3) is 10.6 Å². The summed E-state index contributed by atoms with van der Waals surface area (Å²) in [6.45, 7) is 3.80. The molecule has 0 spiro atoms. The minimum absolute atomic E-state index is 0.286. The zero-order valence-corrected chi connectivity index (χ0v) is 15.3. The van der Waals surface area contributed by atoms with Crippen LogP contribution >= 0.6 is 22.9 Å². The fourth-order valence-electron chi connectivity index (χ4n) is 3.20. The number of hydrogen-bond acceptors (Lipinski definition) is 5. The van der Waals surface area contributed by atoms with Crippen molar-refractivity contribution in [2.45, 2.75) is 12.6 Å². The second-order valence-corrected chi connectivity index (χ2v) is 7.60. The van der Waals surface area contributed by atoms with Crippen LogP contribution in [0.15, 0.2) is 55.0 Å². The molecule has 0 saturated carbocycles. The van der Waals surface area contributed by atoms with Gasteiger partial charge in [0.2, 0.25) is 0 Å². The monoisotopic (exact) mass is 370 g/mol. The highest BCUT2D eigenvalue weighted by Crippen LogP contribution is 2.31. The molecule has 1 aromatic carbocycles. The average Bonchev–Trinajstić information content (AvgIpc) is 3.12. The van der Waals surface area contributed by atoms with E-state index in [0.717, 1.165) is 41.8 Å². The topological polar surface area (TPSA) is 41.0 Å². The van der Waals surface area contributed by atoms with Gasteiger partial charge in [0.05, 0.1) is 0 Å². The van der Waals surface area contributed by atoms with Gasteiger partial charge in [-0.2, -0.15) is 0 Å². The number of rotatable bonds is 4. The number of pyridine rings is 1. The molecule has 4 nitrogen and oxygen atoms in total. The smallest absolute Gasteiger partial charge is 0.123 e. The highest BCUT2D eigenvalue weighted by atomic mass is 35.5. The van der Waals surface area contributed by atoms with E-state index in [1.165, 1.54) is 10.4 Å². The van der Waals surface area contributed by atoms with Gasteiger partial charge in [0.25, 0.3) is 0 Å². The number of halogens is 1. The van der Waals surface area contributed by atoms with Gasteiger partial charge in [-0.15, -0.1) is 11.3 Å². The molecule has 0 amide bonds. The molecule has 0 aliphatic carbocycles. The van der Waals surface area contributed by atoms with E-state index in [9.17, 15) is 0 Å². The number of nitrogens with zero attached hydrogens (tertiary/aromatic N) is 3. The lowest BCUT2D eigenvalue weighted by molar-refractivity contribution is 0.155. The van der Waals surface area contributed by atoms with E-state index in [-0.39, 0.29) is 6.04 Å². The quantitative estimate of drug-likeness (QED) is 0.753. The highest BCUT2D eigenvalue weighted by Gasteiger charge is 2.25. The molecule has 1 saturated heterocycles. The third kappa shape index (κ3) is 3.75. The summed E-state index contributed by atoms with van der Waals surface area (Å²) in [6, 6.07) is 12.4. The van der Waals surface area contributed by atoms with Crippen molar-refractivity contribution in [3.63, 3.8) is 0 Å². The number of piperazine rings is 1. The van der Waals surface area contributed by atoms with E-state index in [1.807, 2.05) is 30.5 Å². The predicted molar refractivity (Wildman–Crippen MR) is 103 cm³/mol. The van der Waals surface area contributed by atoms with Crippen molar-refractivity contribution in [1.29, 1.82) is 0 Å². The second-order valence-electron chi connectivity index (χ2n) is 6.08. The SMILES string of the molecule is Clc1ccccc1C1CNCCN1Cc1cnc(-c2ccncc2)s1. The van der Waals surface area contributed by atoms with Crippen LogP contribution in [0.1, 0.15) is 16.5 Å². The molecule has 3 heterocycles. The lowest BCUT2D eigenvalue weighted by Crippen LogP contribution is -2.45. The molecule has 4 rings (SSSR count). The molecular weight excluding hydrogens is 352 g/mol. The number of aromatic nitrogens is 2. The zero-order valence-electron chi connectivity index (χ0n) is 13.7. The Labute approximate surface area is 156 Å². The molecule has 25 heavy (non-hydrogen) atoms. The summed E-state index contributed by atoms with van der Waals surface area (Å²) in [5.41, 5.74) is 2.31. The van der Waals surface area contributed by atoms with Crippen LogP contribution in [0.2, 0.25) is 5.02 Å². The van der Waals surface area contributed by atoms with Gasteiger partial charge in [0, 0.05) is 66.3 Å². The summed E-state index contributed by atoms with van der Waals surface area (Å²) in [7, 11) is 0. The Balaban J connectivity index is 1.55. The number of hydrogen-bond donors (Lipinski definition) is 1. The van der Waals surface area contributed by atoms with E-state index in [4.69, 9.17) is 11.6 Å². The van der Waals surface area contributed by atoms with E-state index in [0.29, 0.717) is 0 Å². The van der Waals surface area contributed by atoms with Gasteiger partial charge < -0.3 is 5.32 Å². The minimum atomic E-state index is 0.286. The molecular formula is C19H19ClN4S. The lowest BCUT2D eigenvalue weighted by Gasteiger charge is -2.36. The van der Waals surface area contributed by atoms with Crippen molar-refractivity contribution in [2.24, 2.45) is 0 Å². The largest absolute Gasteiger partial charge is 0.314 e. The van der Waals surface area contributed by atoms with Gasteiger partial charge in [-0.25, -0.2) is 4.98 Å². The van der Waals surface area contributed by atoms with Crippen LogP contribution < -0.4 is 5.32 Å². The maximum absolute atomic E-state index is 6.44. The molecule has 1 aliphatic heterocycles. The van der Waals surface area contributed by atoms with Gasteiger partial charge in [-0.05, 0) is 23.8 Å². The first kappa shape index (κ1) is 16.7. The summed E-state index contributed by atoms with van der Waals surface area (Å²) in [6.07, 6.45) is 5.60. The molecule has 1 atom stereocenters. The molecule has 1 fully saturated rings. The Morgan fingerprint density at radius 3 is 2.88 bits per heavy atom. The van der Waals surface area contributed by atoms with Crippen LogP contribution in [-0.4, -0.2) is 34.5 Å². The third-order valence-corrected chi connectivity index (χ3v) is 5.83. The Bertz CT molecular complexity index is 836. The lowest BCUT2D eigenvalue weighted by atomic mass is 10.0.